The molecule has 6 heteroatoms. The van der Waals surface area contributed by atoms with E-state index in [1.165, 1.54) is 6.42 Å². The molecule has 23 heavy (non-hydrogen) atoms. The van der Waals surface area contributed by atoms with Crippen LogP contribution in [0.5, 0.6) is 11.5 Å². The van der Waals surface area contributed by atoms with Gasteiger partial charge in [-0.05, 0) is 56.0 Å². The number of carbonyl (C=O) groups excluding carboxylic acids is 1. The molecule has 2 aliphatic rings. The molecular formula is C17H25ClN2O3. The van der Waals surface area contributed by atoms with Gasteiger partial charge in [0.25, 0.3) is 0 Å². The Morgan fingerprint density at radius 2 is 2.09 bits per heavy atom. The topological polar surface area (TPSA) is 59.6 Å². The van der Waals surface area contributed by atoms with Crippen LogP contribution in [-0.4, -0.2) is 38.8 Å². The third-order valence-electron chi connectivity index (χ3n) is 4.28. The maximum absolute atomic E-state index is 11.8. The van der Waals surface area contributed by atoms with Gasteiger partial charge in [0.05, 0.1) is 0 Å². The van der Waals surface area contributed by atoms with Crippen LogP contribution in [0.15, 0.2) is 18.2 Å². The fourth-order valence-electron chi connectivity index (χ4n) is 2.97. The van der Waals surface area contributed by atoms with Gasteiger partial charge in [-0.25, -0.2) is 0 Å². The van der Waals surface area contributed by atoms with Crippen LogP contribution < -0.4 is 20.1 Å². The minimum Gasteiger partial charge on any atom is -0.486 e. The average Bonchev–Trinajstić information content (AvgIpc) is 3.06. The summed E-state index contributed by atoms with van der Waals surface area (Å²) in [5, 5.41) is 6.34. The lowest BCUT2D eigenvalue weighted by molar-refractivity contribution is -0.121. The minimum absolute atomic E-state index is 0. The number of amides is 1. The van der Waals surface area contributed by atoms with Crippen LogP contribution in [0.3, 0.4) is 0 Å². The number of ether oxygens (including phenoxy) is 2. The van der Waals surface area contributed by atoms with E-state index in [-0.39, 0.29) is 18.3 Å². The van der Waals surface area contributed by atoms with Crippen molar-refractivity contribution in [3.05, 3.63) is 23.8 Å². The smallest absolute Gasteiger partial charge is 0.220 e. The lowest BCUT2D eigenvalue weighted by Crippen LogP contribution is -2.26. The SMILES string of the molecule is Cl.O=C(CCC1CCNC1)NCCc1ccc2c(c1)OCCO2. The monoisotopic (exact) mass is 340 g/mol. The molecule has 1 atom stereocenters. The molecule has 1 aromatic carbocycles. The first-order chi connectivity index (χ1) is 10.8. The highest BCUT2D eigenvalue weighted by molar-refractivity contribution is 5.85. The second kappa shape index (κ2) is 8.99. The zero-order chi connectivity index (χ0) is 15.2. The highest BCUT2D eigenvalue weighted by Crippen LogP contribution is 2.30. The van der Waals surface area contributed by atoms with Gasteiger partial charge in [-0.1, -0.05) is 6.07 Å². The Labute approximate surface area is 143 Å². The molecule has 2 heterocycles. The van der Waals surface area contributed by atoms with Crippen LogP contribution in [0, 0.1) is 5.92 Å². The first kappa shape index (κ1) is 17.9. The predicted molar refractivity (Wildman–Crippen MR) is 91.6 cm³/mol. The van der Waals surface area contributed by atoms with Gasteiger partial charge in [-0.15, -0.1) is 12.4 Å². The molecule has 1 amide bonds. The molecular weight excluding hydrogens is 316 g/mol. The molecule has 2 aliphatic heterocycles. The third-order valence-corrected chi connectivity index (χ3v) is 4.28. The molecule has 0 aliphatic carbocycles. The van der Waals surface area contributed by atoms with Gasteiger partial charge in [0.1, 0.15) is 13.2 Å². The Morgan fingerprint density at radius 3 is 2.87 bits per heavy atom. The Balaban J connectivity index is 0.00000192. The summed E-state index contributed by atoms with van der Waals surface area (Å²) in [7, 11) is 0. The summed E-state index contributed by atoms with van der Waals surface area (Å²) in [5.74, 6) is 2.45. The molecule has 1 saturated heterocycles. The van der Waals surface area contributed by atoms with E-state index in [9.17, 15) is 4.79 Å². The number of halogens is 1. The van der Waals surface area contributed by atoms with Crippen molar-refractivity contribution in [3.8, 4) is 11.5 Å². The lowest BCUT2D eigenvalue weighted by atomic mass is 10.0. The molecule has 0 aromatic heterocycles. The van der Waals surface area contributed by atoms with Crippen LogP contribution in [0.25, 0.3) is 0 Å². The molecule has 128 valence electrons. The van der Waals surface area contributed by atoms with Crippen LogP contribution in [0.4, 0.5) is 0 Å². The number of nitrogens with one attached hydrogen (secondary N) is 2. The summed E-state index contributed by atoms with van der Waals surface area (Å²) in [5.41, 5.74) is 1.16. The molecule has 1 unspecified atom stereocenters. The van der Waals surface area contributed by atoms with E-state index in [1.807, 2.05) is 18.2 Å². The number of fused-ring (bicyclic) bond motifs is 1. The van der Waals surface area contributed by atoms with Crippen LogP contribution >= 0.6 is 12.4 Å². The number of carbonyl (C=O) groups is 1. The maximum Gasteiger partial charge on any atom is 0.220 e. The summed E-state index contributed by atoms with van der Waals surface area (Å²) >= 11 is 0. The van der Waals surface area contributed by atoms with Gasteiger partial charge in [-0.2, -0.15) is 0 Å². The number of hydrogen-bond donors (Lipinski definition) is 2. The van der Waals surface area contributed by atoms with Gasteiger partial charge < -0.3 is 20.1 Å². The average molecular weight is 341 g/mol. The van der Waals surface area contributed by atoms with Crippen LogP contribution in [0.2, 0.25) is 0 Å². The van der Waals surface area contributed by atoms with Crippen LogP contribution in [-0.2, 0) is 11.2 Å². The van der Waals surface area contributed by atoms with E-state index >= 15 is 0 Å². The molecule has 0 radical (unpaired) electrons. The number of benzene rings is 1. The second-order valence-electron chi connectivity index (χ2n) is 5.98. The summed E-state index contributed by atoms with van der Waals surface area (Å²) in [6.07, 6.45) is 3.63. The molecule has 1 aromatic rings. The van der Waals surface area contributed by atoms with Crippen molar-refractivity contribution in [2.45, 2.75) is 25.7 Å². The van der Waals surface area contributed by atoms with Gasteiger partial charge in [0.2, 0.25) is 5.91 Å². The van der Waals surface area contributed by atoms with Crippen molar-refractivity contribution in [3.63, 3.8) is 0 Å². The highest BCUT2D eigenvalue weighted by Gasteiger charge is 2.15. The van der Waals surface area contributed by atoms with E-state index in [4.69, 9.17) is 9.47 Å². The fourth-order valence-corrected chi connectivity index (χ4v) is 2.97. The zero-order valence-electron chi connectivity index (χ0n) is 13.3. The summed E-state index contributed by atoms with van der Waals surface area (Å²) in [6, 6.07) is 5.98. The summed E-state index contributed by atoms with van der Waals surface area (Å²) in [4.78, 5) is 11.8. The maximum atomic E-state index is 11.8. The van der Waals surface area contributed by atoms with Gasteiger partial charge in [-0.3, -0.25) is 4.79 Å². The molecule has 0 spiro atoms. The molecule has 1 fully saturated rings. The molecule has 0 bridgehead atoms. The highest BCUT2D eigenvalue weighted by atomic mass is 35.5. The third kappa shape index (κ3) is 5.29. The normalized spacial score (nSPS) is 19.0. The molecule has 0 saturated carbocycles. The molecule has 5 nitrogen and oxygen atoms in total. The van der Waals surface area contributed by atoms with Gasteiger partial charge in [0.15, 0.2) is 11.5 Å². The van der Waals surface area contributed by atoms with Crippen molar-refractivity contribution in [2.24, 2.45) is 5.92 Å². The molecule has 2 N–H and O–H groups in total. The minimum atomic E-state index is 0. The largest absolute Gasteiger partial charge is 0.486 e. The number of hydrogen-bond acceptors (Lipinski definition) is 4. The zero-order valence-corrected chi connectivity index (χ0v) is 14.1. The van der Waals surface area contributed by atoms with Crippen LogP contribution in [0.1, 0.15) is 24.8 Å². The van der Waals surface area contributed by atoms with Crippen molar-refractivity contribution in [1.82, 2.24) is 10.6 Å². The predicted octanol–water partition coefficient (Wildman–Crippen LogP) is 1.93. The standard InChI is InChI=1S/C17H24N2O3.ClH/c20-17(4-2-14-5-7-18-12-14)19-8-6-13-1-3-15-16(11-13)22-10-9-21-15;/h1,3,11,14,18H,2,4-10,12H2,(H,19,20);1H. The van der Waals surface area contributed by atoms with E-state index < -0.39 is 0 Å². The quantitative estimate of drug-likeness (QED) is 0.830. The van der Waals surface area contributed by atoms with Crippen molar-refractivity contribution in [2.75, 3.05) is 32.8 Å². The van der Waals surface area contributed by atoms with E-state index in [0.717, 1.165) is 43.0 Å². The van der Waals surface area contributed by atoms with Crippen molar-refractivity contribution >= 4 is 18.3 Å². The van der Waals surface area contributed by atoms with Gasteiger partial charge in [0, 0.05) is 13.0 Å². The van der Waals surface area contributed by atoms with Crippen molar-refractivity contribution in [1.29, 1.82) is 0 Å². The Kier molecular flexibility index (Phi) is 6.99. The summed E-state index contributed by atoms with van der Waals surface area (Å²) < 4.78 is 11.1. The Morgan fingerprint density at radius 1 is 1.26 bits per heavy atom. The second-order valence-corrected chi connectivity index (χ2v) is 5.98. The fraction of sp³-hybridized carbons (Fsp3) is 0.588. The lowest BCUT2D eigenvalue weighted by Gasteiger charge is -2.18. The first-order valence-corrected chi connectivity index (χ1v) is 8.17. The van der Waals surface area contributed by atoms with Gasteiger partial charge >= 0.3 is 0 Å². The Bertz CT molecular complexity index is 519. The Hall–Kier alpha value is -1.46. The van der Waals surface area contributed by atoms with E-state index in [0.29, 0.717) is 32.1 Å². The van der Waals surface area contributed by atoms with E-state index in [1.54, 1.807) is 0 Å². The first-order valence-electron chi connectivity index (χ1n) is 8.17. The van der Waals surface area contributed by atoms with E-state index in [2.05, 4.69) is 10.6 Å². The molecule has 3 rings (SSSR count). The van der Waals surface area contributed by atoms with Crippen molar-refractivity contribution < 1.29 is 14.3 Å². The summed E-state index contributed by atoms with van der Waals surface area (Å²) in [6.45, 7) is 4.03. The number of rotatable bonds is 6.